The Balaban J connectivity index is 2.50. The highest BCUT2D eigenvalue weighted by molar-refractivity contribution is 7.52. The van der Waals surface area contributed by atoms with Gasteiger partial charge in [0.25, 0.3) is 0 Å². The van der Waals surface area contributed by atoms with E-state index in [0.717, 1.165) is 31.2 Å². The van der Waals surface area contributed by atoms with Crippen LogP contribution in [-0.2, 0) is 9.36 Å². The predicted molar refractivity (Wildman–Crippen MR) is 81.7 cm³/mol. The van der Waals surface area contributed by atoms with Gasteiger partial charge < -0.3 is 14.2 Å². The van der Waals surface area contributed by atoms with E-state index in [1.807, 2.05) is 0 Å². The lowest BCUT2D eigenvalue weighted by Crippen LogP contribution is -2.34. The Hall–Kier alpha value is -2.72. The summed E-state index contributed by atoms with van der Waals surface area (Å²) in [5.74, 6) is -16.9. The van der Waals surface area contributed by atoms with Crippen molar-refractivity contribution < 1.29 is 49.9 Å². The molecule has 0 fully saturated rings. The first kappa shape index (κ1) is 21.6. The number of halogens is 6. The second-order valence-electron chi connectivity index (χ2n) is 5.22. The van der Waals surface area contributed by atoms with Crippen LogP contribution in [0.15, 0.2) is 24.3 Å². The fourth-order valence-corrected chi connectivity index (χ4v) is 3.31. The fourth-order valence-electron chi connectivity index (χ4n) is 1.78. The van der Waals surface area contributed by atoms with Gasteiger partial charge in [-0.1, -0.05) is 0 Å². The highest BCUT2D eigenvalue weighted by Crippen LogP contribution is 2.47. The number of nitrogens with one attached hydrogen (secondary N) is 1. The first-order valence-electron chi connectivity index (χ1n) is 7.22. The normalized spacial score (nSPS) is 14.2. The summed E-state index contributed by atoms with van der Waals surface area (Å²) in [4.78, 5) is 11.0. The van der Waals surface area contributed by atoms with Crippen molar-refractivity contribution in [3.8, 4) is 11.5 Å². The lowest BCUT2D eigenvalue weighted by atomic mass is 10.3. The number of carboxylic acids is 1. The van der Waals surface area contributed by atoms with E-state index in [1.165, 1.54) is 0 Å². The molecule has 6 nitrogen and oxygen atoms in total. The van der Waals surface area contributed by atoms with Crippen LogP contribution in [0, 0.1) is 34.9 Å². The molecule has 0 heterocycles. The summed E-state index contributed by atoms with van der Waals surface area (Å²) in [7, 11) is -5.09. The van der Waals surface area contributed by atoms with Gasteiger partial charge in [0.05, 0.1) is 0 Å². The van der Waals surface area contributed by atoms with Gasteiger partial charge in [0, 0.05) is 0 Å². The number of benzene rings is 2. The topological polar surface area (TPSA) is 84.9 Å². The van der Waals surface area contributed by atoms with Crippen LogP contribution < -0.4 is 14.1 Å². The van der Waals surface area contributed by atoms with Crippen LogP contribution in [-0.4, -0.2) is 17.1 Å². The first-order chi connectivity index (χ1) is 12.9. The van der Waals surface area contributed by atoms with Crippen molar-refractivity contribution in [1.29, 1.82) is 0 Å². The molecule has 28 heavy (non-hydrogen) atoms. The van der Waals surface area contributed by atoms with E-state index in [1.54, 1.807) is 5.09 Å². The number of hydrogen-bond donors (Lipinski definition) is 2. The molecule has 0 bridgehead atoms. The predicted octanol–water partition coefficient (Wildman–Crippen LogP) is 4.15. The molecule has 0 amide bonds. The number of aliphatic carboxylic acids is 1. The molecule has 0 aliphatic carbocycles. The SMILES string of the molecule is CC(NP(=O)(Oc1ccc(F)cc1)Oc1c(F)c(F)c(F)c(F)c1F)C(=O)O. The van der Waals surface area contributed by atoms with Crippen molar-refractivity contribution in [3.05, 3.63) is 59.2 Å². The van der Waals surface area contributed by atoms with Crippen LogP contribution in [0.5, 0.6) is 11.5 Å². The molecule has 2 rings (SSSR count). The highest BCUT2D eigenvalue weighted by Gasteiger charge is 2.37. The van der Waals surface area contributed by atoms with E-state index >= 15 is 0 Å². The minimum atomic E-state index is -5.09. The molecular formula is C15H10F6NO5P. The third-order valence-electron chi connectivity index (χ3n) is 3.14. The van der Waals surface area contributed by atoms with Gasteiger partial charge in [0.15, 0.2) is 0 Å². The summed E-state index contributed by atoms with van der Waals surface area (Å²) in [5.41, 5.74) is 0. The minimum absolute atomic E-state index is 0.418. The molecule has 152 valence electrons. The first-order valence-corrected chi connectivity index (χ1v) is 8.76. The van der Waals surface area contributed by atoms with Gasteiger partial charge >= 0.3 is 13.7 Å². The van der Waals surface area contributed by atoms with Crippen molar-refractivity contribution in [1.82, 2.24) is 5.09 Å². The number of hydrogen-bond acceptors (Lipinski definition) is 4. The van der Waals surface area contributed by atoms with E-state index in [4.69, 9.17) is 9.63 Å². The fraction of sp³-hybridized carbons (Fsp3) is 0.133. The smallest absolute Gasteiger partial charge is 0.480 e. The van der Waals surface area contributed by atoms with Crippen LogP contribution in [0.2, 0.25) is 0 Å². The summed E-state index contributed by atoms with van der Waals surface area (Å²) in [6.45, 7) is 0.935. The Morgan fingerprint density at radius 1 is 0.929 bits per heavy atom. The summed E-state index contributed by atoms with van der Waals surface area (Å²) in [5, 5.41) is 10.6. The van der Waals surface area contributed by atoms with E-state index in [9.17, 15) is 35.7 Å². The van der Waals surface area contributed by atoms with Crippen molar-refractivity contribution in [3.63, 3.8) is 0 Å². The van der Waals surface area contributed by atoms with Gasteiger partial charge in [0.2, 0.25) is 34.8 Å². The molecule has 0 aliphatic heterocycles. The van der Waals surface area contributed by atoms with E-state index in [2.05, 4.69) is 4.52 Å². The Labute approximate surface area is 153 Å². The van der Waals surface area contributed by atoms with Crippen molar-refractivity contribution in [2.75, 3.05) is 0 Å². The third kappa shape index (κ3) is 4.57. The van der Waals surface area contributed by atoms with E-state index in [-0.39, 0.29) is 0 Å². The zero-order chi connectivity index (χ0) is 21.2. The second-order valence-corrected chi connectivity index (χ2v) is 6.84. The molecular weight excluding hydrogens is 419 g/mol. The second kappa shape index (κ2) is 8.11. The van der Waals surface area contributed by atoms with Crippen LogP contribution in [0.3, 0.4) is 0 Å². The van der Waals surface area contributed by atoms with Gasteiger partial charge in [-0.25, -0.2) is 22.1 Å². The molecule has 2 atom stereocenters. The Morgan fingerprint density at radius 2 is 1.39 bits per heavy atom. The molecule has 13 heteroatoms. The largest absolute Gasteiger partial charge is 0.513 e. The molecule has 0 radical (unpaired) electrons. The highest BCUT2D eigenvalue weighted by atomic mass is 31.2. The average Bonchev–Trinajstić information content (AvgIpc) is 2.64. The maximum absolute atomic E-state index is 13.8. The van der Waals surface area contributed by atoms with Gasteiger partial charge in [-0.15, -0.1) is 0 Å². The standard InChI is InChI=1S/C15H10F6NO5P/c1-6(15(23)24)22-28(25,26-8-4-2-7(16)3-5-8)27-14-12(20)10(18)9(17)11(19)13(14)21/h2-6H,1H3,(H,22,25)(H,23,24). The zero-order valence-electron chi connectivity index (χ0n) is 13.7. The van der Waals surface area contributed by atoms with Crippen LogP contribution in [0.4, 0.5) is 26.3 Å². The number of carboxylic acid groups (broad SMARTS) is 1. The quantitative estimate of drug-likeness (QED) is 0.298. The molecule has 2 N–H and O–H groups in total. The average molecular weight is 429 g/mol. The van der Waals surface area contributed by atoms with E-state index < -0.39 is 66.2 Å². The van der Waals surface area contributed by atoms with Gasteiger partial charge in [-0.3, -0.25) is 4.79 Å². The molecule has 0 aromatic heterocycles. The maximum atomic E-state index is 13.8. The summed E-state index contributed by atoms with van der Waals surface area (Å²) < 4.78 is 102. The molecule has 0 saturated heterocycles. The minimum Gasteiger partial charge on any atom is -0.480 e. The number of carbonyl (C=O) groups is 1. The molecule has 2 aromatic carbocycles. The molecule has 2 aromatic rings. The molecule has 0 aliphatic rings. The van der Waals surface area contributed by atoms with Crippen molar-refractivity contribution in [2.45, 2.75) is 13.0 Å². The third-order valence-corrected chi connectivity index (χ3v) is 4.72. The van der Waals surface area contributed by atoms with Crippen LogP contribution in [0.25, 0.3) is 0 Å². The Bertz CT molecular complexity index is 926. The Morgan fingerprint density at radius 3 is 1.86 bits per heavy atom. The lowest BCUT2D eigenvalue weighted by molar-refractivity contribution is -0.138. The monoisotopic (exact) mass is 429 g/mol. The van der Waals surface area contributed by atoms with Gasteiger partial charge in [-0.2, -0.15) is 13.9 Å². The van der Waals surface area contributed by atoms with Crippen LogP contribution >= 0.6 is 7.75 Å². The van der Waals surface area contributed by atoms with E-state index in [0.29, 0.717) is 0 Å². The lowest BCUT2D eigenvalue weighted by Gasteiger charge is -2.22. The summed E-state index contributed by atoms with van der Waals surface area (Å²) >= 11 is 0. The Kier molecular flexibility index (Phi) is 6.25. The molecule has 0 saturated carbocycles. The maximum Gasteiger partial charge on any atom is 0.513 e. The molecule has 0 spiro atoms. The summed E-state index contributed by atoms with van der Waals surface area (Å²) in [6.07, 6.45) is 0. The summed E-state index contributed by atoms with van der Waals surface area (Å²) in [6, 6.07) is 1.76. The molecule has 2 unspecified atom stereocenters. The van der Waals surface area contributed by atoms with Crippen LogP contribution in [0.1, 0.15) is 6.92 Å². The number of rotatable bonds is 7. The van der Waals surface area contributed by atoms with Gasteiger partial charge in [0.1, 0.15) is 17.6 Å². The van der Waals surface area contributed by atoms with Crippen molar-refractivity contribution in [2.24, 2.45) is 0 Å². The van der Waals surface area contributed by atoms with Crippen molar-refractivity contribution >= 4 is 13.7 Å². The van der Waals surface area contributed by atoms with Gasteiger partial charge in [-0.05, 0) is 31.2 Å². The zero-order valence-corrected chi connectivity index (χ0v) is 14.6.